The molecule has 2 aromatic rings. The molecule has 0 radical (unpaired) electrons. The number of halogens is 1. The average molecular weight is 284 g/mol. The number of aryl methyl sites for hydroxylation is 1. The van der Waals surface area contributed by atoms with Crippen LogP contribution in [0, 0.1) is 6.92 Å². The molecule has 0 aliphatic heterocycles. The standard InChI is InChI=1S/C13H14ClNO2S/c1-8(16)12-5-10(14)3-4-13(12)17-7-11-6-15-9(2)18-11/h3-6,8,16H,7H2,1-2H3. The largest absolute Gasteiger partial charge is 0.488 e. The van der Waals surface area contributed by atoms with E-state index >= 15 is 0 Å². The molecule has 0 spiro atoms. The summed E-state index contributed by atoms with van der Waals surface area (Å²) in [6, 6.07) is 5.25. The summed E-state index contributed by atoms with van der Waals surface area (Å²) >= 11 is 7.51. The number of aliphatic hydroxyl groups excluding tert-OH is 1. The smallest absolute Gasteiger partial charge is 0.125 e. The monoisotopic (exact) mass is 283 g/mol. The molecule has 3 nitrogen and oxygen atoms in total. The van der Waals surface area contributed by atoms with Crippen LogP contribution in [-0.4, -0.2) is 10.1 Å². The van der Waals surface area contributed by atoms with Gasteiger partial charge in [0.25, 0.3) is 0 Å². The minimum Gasteiger partial charge on any atom is -0.488 e. The Kier molecular flexibility index (Phi) is 4.22. The molecule has 96 valence electrons. The Labute approximate surface area is 115 Å². The molecule has 5 heteroatoms. The summed E-state index contributed by atoms with van der Waals surface area (Å²) in [6.07, 6.45) is 1.19. The second-order valence-electron chi connectivity index (χ2n) is 3.99. The molecular weight excluding hydrogens is 270 g/mol. The van der Waals surface area contributed by atoms with Gasteiger partial charge < -0.3 is 9.84 Å². The van der Waals surface area contributed by atoms with Crippen molar-refractivity contribution in [3.63, 3.8) is 0 Å². The summed E-state index contributed by atoms with van der Waals surface area (Å²) in [7, 11) is 0. The Balaban J connectivity index is 2.13. The maximum atomic E-state index is 9.68. The molecule has 0 saturated carbocycles. The van der Waals surface area contributed by atoms with Crippen molar-refractivity contribution < 1.29 is 9.84 Å². The maximum absolute atomic E-state index is 9.68. The van der Waals surface area contributed by atoms with Gasteiger partial charge in [-0.15, -0.1) is 11.3 Å². The van der Waals surface area contributed by atoms with E-state index in [1.165, 1.54) is 0 Å². The third-order valence-electron chi connectivity index (χ3n) is 2.46. The summed E-state index contributed by atoms with van der Waals surface area (Å²) in [6.45, 7) is 4.10. The normalized spacial score (nSPS) is 12.4. The highest BCUT2D eigenvalue weighted by Gasteiger charge is 2.10. The number of thiazole rings is 1. The van der Waals surface area contributed by atoms with Crippen LogP contribution in [0.4, 0.5) is 0 Å². The van der Waals surface area contributed by atoms with E-state index in [2.05, 4.69) is 4.98 Å². The maximum Gasteiger partial charge on any atom is 0.125 e. The predicted molar refractivity (Wildman–Crippen MR) is 73.3 cm³/mol. The minimum atomic E-state index is -0.609. The average Bonchev–Trinajstić information content (AvgIpc) is 2.73. The first-order chi connectivity index (χ1) is 8.56. The molecule has 18 heavy (non-hydrogen) atoms. The Hall–Kier alpha value is -1.10. The predicted octanol–water partition coefficient (Wildman–Crippen LogP) is 3.74. The fraction of sp³-hybridized carbons (Fsp3) is 0.308. The number of hydrogen-bond acceptors (Lipinski definition) is 4. The molecule has 0 fully saturated rings. The van der Waals surface area contributed by atoms with Crippen LogP contribution in [0.25, 0.3) is 0 Å². The zero-order valence-electron chi connectivity index (χ0n) is 10.2. The SMILES string of the molecule is Cc1ncc(COc2ccc(Cl)cc2C(C)O)s1. The van der Waals surface area contributed by atoms with Crippen molar-refractivity contribution in [2.45, 2.75) is 26.6 Å². The first-order valence-corrected chi connectivity index (χ1v) is 6.77. The summed E-state index contributed by atoms with van der Waals surface area (Å²) in [5.74, 6) is 0.653. The molecule has 0 bridgehead atoms. The van der Waals surface area contributed by atoms with E-state index in [4.69, 9.17) is 16.3 Å². The second-order valence-corrected chi connectivity index (χ2v) is 5.75. The quantitative estimate of drug-likeness (QED) is 0.929. The number of benzene rings is 1. The van der Waals surface area contributed by atoms with Gasteiger partial charge in [0, 0.05) is 16.8 Å². The molecule has 0 saturated heterocycles. The molecule has 1 heterocycles. The summed E-state index contributed by atoms with van der Waals surface area (Å²) < 4.78 is 5.70. The van der Waals surface area contributed by atoms with Crippen LogP contribution in [-0.2, 0) is 6.61 Å². The third-order valence-corrected chi connectivity index (χ3v) is 3.58. The van der Waals surface area contributed by atoms with Crippen molar-refractivity contribution in [1.82, 2.24) is 4.98 Å². The highest BCUT2D eigenvalue weighted by Crippen LogP contribution is 2.29. The van der Waals surface area contributed by atoms with Crippen LogP contribution in [0.5, 0.6) is 5.75 Å². The fourth-order valence-corrected chi connectivity index (χ4v) is 2.49. The molecule has 0 aliphatic rings. The topological polar surface area (TPSA) is 42.4 Å². The molecule has 1 unspecified atom stereocenters. The zero-order valence-corrected chi connectivity index (χ0v) is 11.8. The van der Waals surface area contributed by atoms with E-state index in [0.717, 1.165) is 9.88 Å². The molecular formula is C13H14ClNO2S. The van der Waals surface area contributed by atoms with Crippen LogP contribution in [0.2, 0.25) is 5.02 Å². The molecule has 1 N–H and O–H groups in total. The van der Waals surface area contributed by atoms with Gasteiger partial charge in [-0.25, -0.2) is 4.98 Å². The van der Waals surface area contributed by atoms with Crippen molar-refractivity contribution in [2.75, 3.05) is 0 Å². The lowest BCUT2D eigenvalue weighted by molar-refractivity contribution is 0.190. The van der Waals surface area contributed by atoms with Crippen LogP contribution >= 0.6 is 22.9 Å². The first kappa shape index (κ1) is 13.3. The summed E-state index contributed by atoms with van der Waals surface area (Å²) in [5, 5.41) is 11.3. The number of aliphatic hydroxyl groups is 1. The van der Waals surface area contributed by atoms with Gasteiger partial charge in [0.05, 0.1) is 16.0 Å². The first-order valence-electron chi connectivity index (χ1n) is 5.58. The van der Waals surface area contributed by atoms with Crippen LogP contribution in [0.3, 0.4) is 0 Å². The van der Waals surface area contributed by atoms with Gasteiger partial charge >= 0.3 is 0 Å². The zero-order chi connectivity index (χ0) is 13.1. The van der Waals surface area contributed by atoms with Crippen LogP contribution < -0.4 is 4.74 Å². The van der Waals surface area contributed by atoms with Gasteiger partial charge in [0.2, 0.25) is 0 Å². The highest BCUT2D eigenvalue weighted by molar-refractivity contribution is 7.11. The molecule has 0 amide bonds. The van der Waals surface area contributed by atoms with Gasteiger partial charge in [0.1, 0.15) is 12.4 Å². The van der Waals surface area contributed by atoms with E-state index in [1.807, 2.05) is 6.92 Å². The number of aromatic nitrogens is 1. The lowest BCUT2D eigenvalue weighted by atomic mass is 10.1. The number of hydrogen-bond donors (Lipinski definition) is 1. The van der Waals surface area contributed by atoms with Crippen molar-refractivity contribution in [2.24, 2.45) is 0 Å². The Morgan fingerprint density at radius 2 is 2.28 bits per heavy atom. The molecule has 1 aromatic heterocycles. The van der Waals surface area contributed by atoms with E-state index in [0.29, 0.717) is 22.9 Å². The van der Waals surface area contributed by atoms with Crippen molar-refractivity contribution >= 4 is 22.9 Å². The summed E-state index contributed by atoms with van der Waals surface area (Å²) in [5.41, 5.74) is 0.698. The lowest BCUT2D eigenvalue weighted by Crippen LogP contribution is -2.00. The lowest BCUT2D eigenvalue weighted by Gasteiger charge is -2.13. The number of nitrogens with zero attached hydrogens (tertiary/aromatic N) is 1. The molecule has 1 aromatic carbocycles. The highest BCUT2D eigenvalue weighted by atomic mass is 35.5. The summed E-state index contributed by atoms with van der Waals surface area (Å²) in [4.78, 5) is 5.22. The van der Waals surface area contributed by atoms with Crippen LogP contribution in [0.1, 0.15) is 28.5 Å². The Bertz CT molecular complexity index is 540. The van der Waals surface area contributed by atoms with E-state index in [9.17, 15) is 5.11 Å². The van der Waals surface area contributed by atoms with Crippen molar-refractivity contribution in [3.05, 3.63) is 44.9 Å². The third kappa shape index (κ3) is 3.22. The fourth-order valence-electron chi connectivity index (χ4n) is 1.60. The van der Waals surface area contributed by atoms with E-state index < -0.39 is 6.10 Å². The van der Waals surface area contributed by atoms with Gasteiger partial charge in [-0.3, -0.25) is 0 Å². The Morgan fingerprint density at radius 1 is 1.50 bits per heavy atom. The van der Waals surface area contributed by atoms with E-state index in [1.54, 1.807) is 42.7 Å². The number of ether oxygens (including phenoxy) is 1. The molecule has 0 aliphatic carbocycles. The van der Waals surface area contributed by atoms with Crippen molar-refractivity contribution in [1.29, 1.82) is 0 Å². The molecule has 2 rings (SSSR count). The van der Waals surface area contributed by atoms with E-state index in [-0.39, 0.29) is 0 Å². The minimum absolute atomic E-state index is 0.451. The van der Waals surface area contributed by atoms with Crippen molar-refractivity contribution in [3.8, 4) is 5.75 Å². The van der Waals surface area contributed by atoms with Gasteiger partial charge in [0.15, 0.2) is 0 Å². The number of rotatable bonds is 4. The van der Waals surface area contributed by atoms with Gasteiger partial charge in [-0.2, -0.15) is 0 Å². The second kappa shape index (κ2) is 5.69. The van der Waals surface area contributed by atoms with Gasteiger partial charge in [-0.05, 0) is 32.0 Å². The Morgan fingerprint density at radius 3 is 2.89 bits per heavy atom. The van der Waals surface area contributed by atoms with Crippen LogP contribution in [0.15, 0.2) is 24.4 Å². The van der Waals surface area contributed by atoms with Gasteiger partial charge in [-0.1, -0.05) is 11.6 Å². The molecule has 1 atom stereocenters.